The van der Waals surface area contributed by atoms with Gasteiger partial charge in [-0.3, -0.25) is 4.40 Å². The SMILES string of the molecule is Cc1nnc2c(NCCCCNC(=O)OC(C)(C)C)nc3cc(OC(C)C)ccc3n12. The molecular weight excluding hydrogens is 396 g/mol. The van der Waals surface area contributed by atoms with Crippen LogP contribution in [0.1, 0.15) is 53.3 Å². The third-order valence-electron chi connectivity index (χ3n) is 4.39. The lowest BCUT2D eigenvalue weighted by Gasteiger charge is -2.19. The number of fused-ring (bicyclic) bond motifs is 3. The van der Waals surface area contributed by atoms with Gasteiger partial charge in [0.15, 0.2) is 5.82 Å². The van der Waals surface area contributed by atoms with Gasteiger partial charge in [-0.2, -0.15) is 0 Å². The smallest absolute Gasteiger partial charge is 0.407 e. The van der Waals surface area contributed by atoms with Crippen LogP contribution in [0.3, 0.4) is 0 Å². The van der Waals surface area contributed by atoms with Gasteiger partial charge < -0.3 is 20.1 Å². The van der Waals surface area contributed by atoms with Gasteiger partial charge in [-0.1, -0.05) is 0 Å². The highest BCUT2D eigenvalue weighted by Gasteiger charge is 2.16. The maximum atomic E-state index is 11.7. The number of rotatable bonds is 8. The molecule has 0 saturated heterocycles. The van der Waals surface area contributed by atoms with E-state index in [-0.39, 0.29) is 6.10 Å². The molecule has 0 bridgehead atoms. The van der Waals surface area contributed by atoms with E-state index >= 15 is 0 Å². The lowest BCUT2D eigenvalue weighted by Crippen LogP contribution is -2.33. The van der Waals surface area contributed by atoms with Crippen molar-refractivity contribution in [3.63, 3.8) is 0 Å². The number of benzene rings is 1. The van der Waals surface area contributed by atoms with Crippen LogP contribution in [0, 0.1) is 6.92 Å². The molecule has 1 amide bonds. The van der Waals surface area contributed by atoms with E-state index in [2.05, 4.69) is 20.8 Å². The topological polar surface area (TPSA) is 103 Å². The zero-order valence-corrected chi connectivity index (χ0v) is 19.2. The molecule has 3 aromatic rings. The standard InChI is InChI=1S/C22H32N6O3/c1-14(2)30-16-9-10-18-17(13-16)25-19(20-27-26-15(3)28(18)20)23-11-7-8-12-24-21(29)31-22(4,5)6/h9-10,13-14H,7-8,11-12H2,1-6H3,(H,23,25)(H,24,29). The number of amides is 1. The second-order valence-corrected chi connectivity index (χ2v) is 8.75. The van der Waals surface area contributed by atoms with E-state index in [0.29, 0.717) is 24.6 Å². The number of nitrogens with one attached hydrogen (secondary N) is 2. The molecular formula is C22H32N6O3. The van der Waals surface area contributed by atoms with Gasteiger partial charge >= 0.3 is 6.09 Å². The van der Waals surface area contributed by atoms with Crippen molar-refractivity contribution in [1.82, 2.24) is 24.9 Å². The van der Waals surface area contributed by atoms with Crippen molar-refractivity contribution in [3.05, 3.63) is 24.0 Å². The number of hydrogen-bond acceptors (Lipinski definition) is 7. The number of aryl methyl sites for hydroxylation is 1. The summed E-state index contributed by atoms with van der Waals surface area (Å²) in [6.07, 6.45) is 1.36. The first-order chi connectivity index (χ1) is 14.6. The summed E-state index contributed by atoms with van der Waals surface area (Å²) in [5.41, 5.74) is 1.94. The van der Waals surface area contributed by atoms with Crippen molar-refractivity contribution in [2.75, 3.05) is 18.4 Å². The molecule has 0 radical (unpaired) electrons. The average molecular weight is 429 g/mol. The number of nitrogens with zero attached hydrogens (tertiary/aromatic N) is 4. The monoisotopic (exact) mass is 428 g/mol. The number of aromatic nitrogens is 4. The lowest BCUT2D eigenvalue weighted by atomic mass is 10.2. The van der Waals surface area contributed by atoms with E-state index in [1.54, 1.807) is 0 Å². The third-order valence-corrected chi connectivity index (χ3v) is 4.39. The fourth-order valence-corrected chi connectivity index (χ4v) is 3.18. The largest absolute Gasteiger partial charge is 0.491 e. The molecule has 0 saturated carbocycles. The highest BCUT2D eigenvalue weighted by molar-refractivity contribution is 5.84. The Morgan fingerprint density at radius 2 is 1.90 bits per heavy atom. The minimum absolute atomic E-state index is 0.0877. The first-order valence-electron chi connectivity index (χ1n) is 10.7. The molecule has 9 nitrogen and oxygen atoms in total. The Hall–Kier alpha value is -3.10. The van der Waals surface area contributed by atoms with Crippen LogP contribution in [0.15, 0.2) is 18.2 Å². The quantitative estimate of drug-likeness (QED) is 0.521. The maximum absolute atomic E-state index is 11.7. The molecule has 3 rings (SSSR count). The molecule has 2 N–H and O–H groups in total. The van der Waals surface area contributed by atoms with Crippen molar-refractivity contribution >= 4 is 28.6 Å². The van der Waals surface area contributed by atoms with Crippen molar-refractivity contribution < 1.29 is 14.3 Å². The molecule has 2 aromatic heterocycles. The minimum atomic E-state index is -0.491. The average Bonchev–Trinajstić information content (AvgIpc) is 3.04. The molecule has 0 aliphatic heterocycles. The van der Waals surface area contributed by atoms with E-state index in [0.717, 1.165) is 35.4 Å². The fraction of sp³-hybridized carbons (Fsp3) is 0.545. The lowest BCUT2D eigenvalue weighted by molar-refractivity contribution is 0.0527. The Labute approximate surface area is 182 Å². The van der Waals surface area contributed by atoms with Crippen LogP contribution in [0.5, 0.6) is 5.75 Å². The third kappa shape index (κ3) is 5.96. The second kappa shape index (κ2) is 9.36. The molecule has 31 heavy (non-hydrogen) atoms. The summed E-state index contributed by atoms with van der Waals surface area (Å²) in [7, 11) is 0. The predicted molar refractivity (Wildman–Crippen MR) is 121 cm³/mol. The predicted octanol–water partition coefficient (Wildman–Crippen LogP) is 4.09. The molecule has 0 aliphatic carbocycles. The summed E-state index contributed by atoms with van der Waals surface area (Å²) in [6, 6.07) is 5.85. The number of ether oxygens (including phenoxy) is 2. The molecule has 9 heteroatoms. The van der Waals surface area contributed by atoms with Gasteiger partial charge in [0.2, 0.25) is 5.65 Å². The van der Waals surface area contributed by atoms with Crippen LogP contribution in [0.25, 0.3) is 16.7 Å². The Kier molecular flexibility index (Phi) is 6.82. The summed E-state index contributed by atoms with van der Waals surface area (Å²) in [5.74, 6) is 2.25. The highest BCUT2D eigenvalue weighted by Crippen LogP contribution is 2.25. The fourth-order valence-electron chi connectivity index (χ4n) is 3.18. The zero-order chi connectivity index (χ0) is 22.6. The van der Waals surface area contributed by atoms with Crippen LogP contribution in [0.4, 0.5) is 10.6 Å². The number of unbranched alkanes of at least 4 members (excludes halogenated alkanes) is 1. The van der Waals surface area contributed by atoms with Gasteiger partial charge in [0.25, 0.3) is 0 Å². The van der Waals surface area contributed by atoms with E-state index < -0.39 is 11.7 Å². The number of carbonyl (C=O) groups is 1. The van der Waals surface area contributed by atoms with Gasteiger partial charge in [0.1, 0.15) is 17.2 Å². The summed E-state index contributed by atoms with van der Waals surface area (Å²) in [6.45, 7) is 12.7. The summed E-state index contributed by atoms with van der Waals surface area (Å²) in [4.78, 5) is 16.5. The van der Waals surface area contributed by atoms with Crippen molar-refractivity contribution in [2.45, 2.75) is 66.1 Å². The summed E-state index contributed by atoms with van der Waals surface area (Å²) in [5, 5.41) is 14.7. The van der Waals surface area contributed by atoms with Crippen LogP contribution in [0.2, 0.25) is 0 Å². The number of anilines is 1. The Morgan fingerprint density at radius 1 is 1.16 bits per heavy atom. The summed E-state index contributed by atoms with van der Waals surface area (Å²) < 4.78 is 13.0. The Morgan fingerprint density at radius 3 is 2.61 bits per heavy atom. The van der Waals surface area contributed by atoms with Gasteiger partial charge in [0.05, 0.1) is 17.1 Å². The molecule has 0 aliphatic rings. The van der Waals surface area contributed by atoms with E-state index in [4.69, 9.17) is 14.5 Å². The molecule has 2 heterocycles. The molecule has 1 aromatic carbocycles. The van der Waals surface area contributed by atoms with E-state index in [1.165, 1.54) is 0 Å². The van der Waals surface area contributed by atoms with Gasteiger partial charge in [-0.25, -0.2) is 9.78 Å². The van der Waals surface area contributed by atoms with Crippen LogP contribution >= 0.6 is 0 Å². The van der Waals surface area contributed by atoms with Crippen LogP contribution in [-0.2, 0) is 4.74 Å². The first kappa shape index (κ1) is 22.6. The van der Waals surface area contributed by atoms with Crippen LogP contribution in [-0.4, -0.2) is 50.5 Å². The number of carbonyl (C=O) groups excluding carboxylic acids is 1. The normalized spacial score (nSPS) is 11.8. The second-order valence-electron chi connectivity index (χ2n) is 8.75. The number of hydrogen-bond donors (Lipinski definition) is 2. The molecule has 0 unspecified atom stereocenters. The molecule has 0 fully saturated rings. The van der Waals surface area contributed by atoms with Crippen molar-refractivity contribution in [1.29, 1.82) is 0 Å². The summed E-state index contributed by atoms with van der Waals surface area (Å²) >= 11 is 0. The van der Waals surface area contributed by atoms with Crippen molar-refractivity contribution in [2.24, 2.45) is 0 Å². The molecule has 0 atom stereocenters. The molecule has 0 spiro atoms. The van der Waals surface area contributed by atoms with Gasteiger partial charge in [-0.15, -0.1) is 10.2 Å². The van der Waals surface area contributed by atoms with Crippen LogP contribution < -0.4 is 15.4 Å². The Balaban J connectivity index is 1.65. The zero-order valence-electron chi connectivity index (χ0n) is 19.2. The highest BCUT2D eigenvalue weighted by atomic mass is 16.6. The minimum Gasteiger partial charge on any atom is -0.491 e. The van der Waals surface area contributed by atoms with Gasteiger partial charge in [-0.05, 0) is 66.5 Å². The first-order valence-corrected chi connectivity index (χ1v) is 10.7. The van der Waals surface area contributed by atoms with E-state index in [1.807, 2.05) is 64.1 Å². The Bertz CT molecular complexity index is 1050. The van der Waals surface area contributed by atoms with Gasteiger partial charge in [0, 0.05) is 19.2 Å². The molecule has 168 valence electrons. The van der Waals surface area contributed by atoms with E-state index in [9.17, 15) is 4.79 Å². The maximum Gasteiger partial charge on any atom is 0.407 e. The number of alkyl carbamates (subject to hydrolysis) is 1. The van der Waals surface area contributed by atoms with Crippen molar-refractivity contribution in [3.8, 4) is 5.75 Å².